The highest BCUT2D eigenvalue weighted by atomic mass is 16.6. The Kier molecular flexibility index (Phi) is 6.63. The average Bonchev–Trinajstić information content (AvgIpc) is 2.87. The summed E-state index contributed by atoms with van der Waals surface area (Å²) in [5.41, 5.74) is 8.42. The molecule has 11 heteroatoms. The summed E-state index contributed by atoms with van der Waals surface area (Å²) in [5.74, 6) is 1.10. The molecule has 0 saturated heterocycles. The van der Waals surface area contributed by atoms with Gasteiger partial charge in [0.1, 0.15) is 5.69 Å². The normalized spacial score (nSPS) is 10.9. The summed E-state index contributed by atoms with van der Waals surface area (Å²) in [4.78, 5) is 23.5. The molecule has 0 radical (unpaired) electrons. The molecule has 34 heavy (non-hydrogen) atoms. The van der Waals surface area contributed by atoms with Gasteiger partial charge in [-0.05, 0) is 23.8 Å². The van der Waals surface area contributed by atoms with Gasteiger partial charge in [-0.25, -0.2) is 9.97 Å². The van der Waals surface area contributed by atoms with Crippen LogP contribution in [-0.4, -0.2) is 27.0 Å². The van der Waals surface area contributed by atoms with E-state index in [-0.39, 0.29) is 22.9 Å². The van der Waals surface area contributed by atoms with Gasteiger partial charge in [-0.2, -0.15) is 0 Å². The number of methoxy groups -OCH3 is 1. The smallest absolute Gasteiger partial charge is 0.273 e. The van der Waals surface area contributed by atoms with Crippen molar-refractivity contribution in [2.24, 2.45) is 10.2 Å². The lowest BCUT2D eigenvalue weighted by atomic mass is 10.2. The lowest BCUT2D eigenvalue weighted by molar-refractivity contribution is -0.384. The number of azo groups is 1. The summed E-state index contributed by atoms with van der Waals surface area (Å²) in [6.07, 6.45) is 3.28. The van der Waals surface area contributed by atoms with Crippen molar-refractivity contribution in [3.05, 3.63) is 88.7 Å². The van der Waals surface area contributed by atoms with E-state index in [2.05, 4.69) is 30.5 Å². The Hall–Kier alpha value is -4.93. The molecule has 0 aliphatic carbocycles. The van der Waals surface area contributed by atoms with Crippen LogP contribution in [0.1, 0.15) is 5.56 Å². The summed E-state index contributed by atoms with van der Waals surface area (Å²) in [7, 11) is 1.39. The third-order valence-electron chi connectivity index (χ3n) is 4.78. The first-order valence-corrected chi connectivity index (χ1v) is 10.1. The first kappa shape index (κ1) is 22.3. The fraction of sp³-hybridized carbons (Fsp3) is 0.0870. The molecule has 4 aromatic rings. The molecule has 2 aromatic carbocycles. The Labute approximate surface area is 194 Å². The number of hydrogen-bond donors (Lipinski definition) is 2. The van der Waals surface area contributed by atoms with Crippen LogP contribution in [0, 0.1) is 10.1 Å². The number of rotatable bonds is 8. The minimum atomic E-state index is -0.515. The highest BCUT2D eigenvalue weighted by molar-refractivity contribution is 5.75. The Morgan fingerprint density at radius 1 is 1.06 bits per heavy atom. The molecule has 0 fully saturated rings. The van der Waals surface area contributed by atoms with Crippen LogP contribution in [0.25, 0.3) is 11.4 Å². The molecule has 2 heterocycles. The number of nitro groups is 1. The van der Waals surface area contributed by atoms with Gasteiger partial charge >= 0.3 is 0 Å². The summed E-state index contributed by atoms with van der Waals surface area (Å²) in [6, 6.07) is 17.4. The zero-order chi connectivity index (χ0) is 23.9. The third kappa shape index (κ3) is 5.10. The molecule has 0 atom stereocenters. The number of nitrogens with one attached hydrogen (secondary N) is 1. The van der Waals surface area contributed by atoms with Gasteiger partial charge in [-0.15, -0.1) is 10.2 Å². The lowest BCUT2D eigenvalue weighted by Gasteiger charge is -2.12. The van der Waals surface area contributed by atoms with E-state index in [1.807, 2.05) is 30.3 Å². The highest BCUT2D eigenvalue weighted by Crippen LogP contribution is 2.36. The zero-order valence-corrected chi connectivity index (χ0v) is 18.1. The molecule has 4 rings (SSSR count). The second-order valence-corrected chi connectivity index (χ2v) is 7.02. The molecule has 0 saturated carbocycles. The molecule has 11 nitrogen and oxygen atoms in total. The number of ether oxygens (including phenoxy) is 1. The van der Waals surface area contributed by atoms with Gasteiger partial charge in [0.15, 0.2) is 28.9 Å². The van der Waals surface area contributed by atoms with Crippen LogP contribution in [0.2, 0.25) is 0 Å². The Morgan fingerprint density at radius 2 is 1.82 bits per heavy atom. The Balaban J connectivity index is 1.72. The number of nitrogens with two attached hydrogens (primary N) is 1. The van der Waals surface area contributed by atoms with Crippen molar-refractivity contribution in [3.8, 4) is 17.1 Å². The number of nitro benzene ring substituents is 1. The monoisotopic (exact) mass is 456 g/mol. The average molecular weight is 456 g/mol. The van der Waals surface area contributed by atoms with E-state index in [0.29, 0.717) is 23.9 Å². The lowest BCUT2D eigenvalue weighted by Crippen LogP contribution is -2.06. The van der Waals surface area contributed by atoms with Crippen molar-refractivity contribution < 1.29 is 9.66 Å². The number of non-ortho nitro benzene ring substituents is 1. The van der Waals surface area contributed by atoms with Gasteiger partial charge in [0.25, 0.3) is 5.69 Å². The largest absolute Gasteiger partial charge is 0.494 e. The maximum Gasteiger partial charge on any atom is 0.273 e. The van der Waals surface area contributed by atoms with Crippen molar-refractivity contribution in [2.45, 2.75) is 6.54 Å². The Bertz CT molecular complexity index is 1330. The number of pyridine rings is 1. The zero-order valence-electron chi connectivity index (χ0n) is 18.1. The maximum absolute atomic E-state index is 11.0. The van der Waals surface area contributed by atoms with Crippen LogP contribution in [-0.2, 0) is 6.54 Å². The highest BCUT2D eigenvalue weighted by Gasteiger charge is 2.15. The van der Waals surface area contributed by atoms with Crippen LogP contribution >= 0.6 is 0 Å². The van der Waals surface area contributed by atoms with Gasteiger partial charge in [0, 0.05) is 30.6 Å². The minimum Gasteiger partial charge on any atom is -0.494 e. The summed E-state index contributed by atoms with van der Waals surface area (Å²) >= 11 is 0. The van der Waals surface area contributed by atoms with E-state index in [9.17, 15) is 10.1 Å². The molecule has 2 aromatic heterocycles. The molecule has 0 spiro atoms. The van der Waals surface area contributed by atoms with Crippen molar-refractivity contribution >= 4 is 28.7 Å². The number of aromatic nitrogens is 3. The van der Waals surface area contributed by atoms with Crippen molar-refractivity contribution in [1.29, 1.82) is 0 Å². The topological polar surface area (TPSA) is 154 Å². The summed E-state index contributed by atoms with van der Waals surface area (Å²) in [5, 5.41) is 22.7. The van der Waals surface area contributed by atoms with Crippen LogP contribution < -0.4 is 15.8 Å². The van der Waals surface area contributed by atoms with Gasteiger partial charge in [-0.1, -0.05) is 30.3 Å². The van der Waals surface area contributed by atoms with Crippen molar-refractivity contribution in [3.63, 3.8) is 0 Å². The van der Waals surface area contributed by atoms with Crippen molar-refractivity contribution in [1.82, 2.24) is 15.0 Å². The molecule has 0 amide bonds. The number of anilines is 2. The second kappa shape index (κ2) is 10.1. The van der Waals surface area contributed by atoms with E-state index in [0.717, 1.165) is 11.1 Å². The summed E-state index contributed by atoms with van der Waals surface area (Å²) < 4.78 is 5.23. The summed E-state index contributed by atoms with van der Waals surface area (Å²) in [6.45, 7) is 0.469. The maximum atomic E-state index is 11.0. The van der Waals surface area contributed by atoms with E-state index in [1.54, 1.807) is 24.5 Å². The predicted octanol–water partition coefficient (Wildman–Crippen LogP) is 5.07. The number of hydrogen-bond acceptors (Lipinski definition) is 10. The van der Waals surface area contributed by atoms with Crippen molar-refractivity contribution in [2.75, 3.05) is 18.2 Å². The van der Waals surface area contributed by atoms with Crippen LogP contribution in [0.15, 0.2) is 83.3 Å². The van der Waals surface area contributed by atoms with E-state index in [4.69, 9.17) is 10.5 Å². The van der Waals surface area contributed by atoms with Gasteiger partial charge in [0.05, 0.1) is 18.1 Å². The molecule has 0 bridgehead atoms. The molecular weight excluding hydrogens is 436 g/mol. The molecule has 0 aliphatic heterocycles. The second-order valence-electron chi connectivity index (χ2n) is 7.02. The minimum absolute atomic E-state index is 0.113. The molecule has 0 unspecified atom stereocenters. The SMILES string of the molecule is COc1cc([N+](=O)[O-])ccc1N=Nc1c(N)nc(-c2ccncc2)nc1NCc1ccccc1. The number of nitrogens with zero attached hydrogens (tertiary/aromatic N) is 6. The van der Waals surface area contributed by atoms with E-state index >= 15 is 0 Å². The fourth-order valence-corrected chi connectivity index (χ4v) is 3.07. The van der Waals surface area contributed by atoms with E-state index in [1.165, 1.54) is 25.3 Å². The molecular formula is C23H20N8O3. The van der Waals surface area contributed by atoms with Crippen LogP contribution in [0.4, 0.5) is 28.7 Å². The van der Waals surface area contributed by atoms with Gasteiger partial charge in [-0.3, -0.25) is 15.1 Å². The Morgan fingerprint density at radius 3 is 2.53 bits per heavy atom. The quantitative estimate of drug-likeness (QED) is 0.212. The number of benzene rings is 2. The van der Waals surface area contributed by atoms with E-state index < -0.39 is 4.92 Å². The molecule has 3 N–H and O–H groups in total. The van der Waals surface area contributed by atoms with Crippen LogP contribution in [0.3, 0.4) is 0 Å². The van der Waals surface area contributed by atoms with Gasteiger partial charge < -0.3 is 15.8 Å². The third-order valence-corrected chi connectivity index (χ3v) is 4.78. The first-order chi connectivity index (χ1) is 16.5. The fourth-order valence-electron chi connectivity index (χ4n) is 3.07. The molecule has 0 aliphatic rings. The van der Waals surface area contributed by atoms with Crippen LogP contribution in [0.5, 0.6) is 5.75 Å². The van der Waals surface area contributed by atoms with Gasteiger partial charge in [0.2, 0.25) is 0 Å². The number of nitrogen functional groups attached to an aromatic ring is 1. The predicted molar refractivity (Wildman–Crippen MR) is 127 cm³/mol. The molecule has 170 valence electrons. The standard InChI is InChI=1S/C23H20N8O3/c1-34-19-13-17(31(32)33)7-8-18(19)29-30-20-21(24)27-22(16-9-11-25-12-10-16)28-23(20)26-14-15-5-3-2-4-6-15/h2-13H,14H2,1H3,(H3,24,26,27,28). The first-order valence-electron chi connectivity index (χ1n) is 10.1.